The highest BCUT2D eigenvalue weighted by Gasteiger charge is 2.28. The predicted octanol–water partition coefficient (Wildman–Crippen LogP) is 1.06. The summed E-state index contributed by atoms with van der Waals surface area (Å²) < 4.78 is 5.71. The van der Waals surface area contributed by atoms with Gasteiger partial charge >= 0.3 is 5.97 Å². The third-order valence-corrected chi connectivity index (χ3v) is 4.65. The molecular weight excluding hydrogens is 358 g/mol. The lowest BCUT2D eigenvalue weighted by Crippen LogP contribution is -2.54. The number of hydrogen-bond acceptors (Lipinski definition) is 5. The lowest BCUT2D eigenvalue weighted by atomic mass is 10.1. The van der Waals surface area contributed by atoms with Gasteiger partial charge in [0.1, 0.15) is 0 Å². The van der Waals surface area contributed by atoms with E-state index in [-0.39, 0.29) is 24.6 Å². The molecule has 0 spiro atoms. The van der Waals surface area contributed by atoms with Gasteiger partial charge in [-0.3, -0.25) is 19.4 Å². The fraction of sp³-hybridized carbons (Fsp3) is 0.556. The van der Waals surface area contributed by atoms with E-state index in [1.165, 1.54) is 0 Å². The first kappa shape index (κ1) is 20.6. The maximum atomic E-state index is 12.4. The number of carbonyl (C=O) groups is 2. The van der Waals surface area contributed by atoms with Crippen molar-refractivity contribution >= 4 is 23.5 Å². The maximum absolute atomic E-state index is 12.4. The van der Waals surface area contributed by atoms with Crippen molar-refractivity contribution in [2.24, 2.45) is 0 Å². The van der Waals surface area contributed by atoms with Crippen LogP contribution in [0.5, 0.6) is 0 Å². The molecule has 1 amide bonds. The molecule has 2 rings (SSSR count). The number of nitrogens with one attached hydrogen (secondary N) is 1. The van der Waals surface area contributed by atoms with Crippen molar-refractivity contribution in [3.05, 3.63) is 34.9 Å². The van der Waals surface area contributed by atoms with E-state index < -0.39 is 5.97 Å². The Hall–Kier alpha value is -1.67. The number of hydrogen-bond donors (Lipinski definition) is 2. The number of amides is 1. The van der Waals surface area contributed by atoms with Crippen molar-refractivity contribution in [1.29, 1.82) is 0 Å². The van der Waals surface area contributed by atoms with Crippen LogP contribution in [0, 0.1) is 0 Å². The molecule has 0 bridgehead atoms. The van der Waals surface area contributed by atoms with Crippen LogP contribution in [0.2, 0.25) is 5.02 Å². The number of carbonyl (C=O) groups excluding carboxylic acids is 1. The van der Waals surface area contributed by atoms with Gasteiger partial charge < -0.3 is 15.2 Å². The summed E-state index contributed by atoms with van der Waals surface area (Å²) in [5, 5.41) is 12.5. The van der Waals surface area contributed by atoms with Gasteiger partial charge in [0.25, 0.3) is 0 Å². The molecule has 2 atom stereocenters. The van der Waals surface area contributed by atoms with Gasteiger partial charge in [-0.15, -0.1) is 0 Å². The minimum atomic E-state index is -0.866. The summed E-state index contributed by atoms with van der Waals surface area (Å²) in [6.07, 6.45) is -0.111. The molecule has 0 saturated carbocycles. The minimum absolute atomic E-state index is 0.0308. The van der Waals surface area contributed by atoms with Crippen LogP contribution in [0.3, 0.4) is 0 Å². The number of nitrogens with zero attached hydrogens (tertiary/aromatic N) is 2. The number of ether oxygens (including phenoxy) is 1. The van der Waals surface area contributed by atoms with Crippen molar-refractivity contribution < 1.29 is 19.4 Å². The molecule has 1 aromatic rings. The van der Waals surface area contributed by atoms with Crippen LogP contribution in [-0.4, -0.2) is 78.8 Å². The van der Waals surface area contributed by atoms with Crippen molar-refractivity contribution in [2.75, 3.05) is 39.8 Å². The fourth-order valence-electron chi connectivity index (χ4n) is 2.95. The molecule has 1 aliphatic rings. The standard InChI is InChI=1S/C18H26ClN3O4/c1-13(18(25)20-9-14-3-5-15(19)6-4-14)22-7-8-26-16(11-22)10-21(2)12-17(23)24/h3-6,13,16H,7-12H2,1-2H3,(H,20,25)(H,23,24). The van der Waals surface area contributed by atoms with E-state index in [2.05, 4.69) is 10.2 Å². The van der Waals surface area contributed by atoms with Crippen LogP contribution in [0.25, 0.3) is 0 Å². The average molecular weight is 384 g/mol. The summed E-state index contributed by atoms with van der Waals surface area (Å²) in [6.45, 7) is 4.61. The van der Waals surface area contributed by atoms with Gasteiger partial charge in [-0.05, 0) is 31.7 Å². The van der Waals surface area contributed by atoms with Gasteiger partial charge in [0.2, 0.25) is 5.91 Å². The largest absolute Gasteiger partial charge is 0.480 e. The topological polar surface area (TPSA) is 82.1 Å². The Balaban J connectivity index is 1.81. The molecule has 1 fully saturated rings. The molecule has 144 valence electrons. The lowest BCUT2D eigenvalue weighted by Gasteiger charge is -2.37. The van der Waals surface area contributed by atoms with Crippen LogP contribution >= 0.6 is 11.6 Å². The first-order chi connectivity index (χ1) is 12.3. The average Bonchev–Trinajstić information content (AvgIpc) is 2.59. The second-order valence-electron chi connectivity index (χ2n) is 6.60. The summed E-state index contributed by atoms with van der Waals surface area (Å²) in [5.41, 5.74) is 0.991. The molecule has 2 unspecified atom stereocenters. The van der Waals surface area contributed by atoms with E-state index in [1.807, 2.05) is 19.1 Å². The van der Waals surface area contributed by atoms with Gasteiger partial charge in [0, 0.05) is 31.2 Å². The first-order valence-electron chi connectivity index (χ1n) is 8.63. The van der Waals surface area contributed by atoms with Gasteiger partial charge in [0.05, 0.1) is 25.3 Å². The van der Waals surface area contributed by atoms with Crippen LogP contribution < -0.4 is 5.32 Å². The zero-order valence-corrected chi connectivity index (χ0v) is 15.9. The Morgan fingerprint density at radius 2 is 2.12 bits per heavy atom. The van der Waals surface area contributed by atoms with E-state index in [0.29, 0.717) is 37.8 Å². The quantitative estimate of drug-likeness (QED) is 0.698. The van der Waals surface area contributed by atoms with Gasteiger partial charge in [-0.1, -0.05) is 23.7 Å². The summed E-state index contributed by atoms with van der Waals surface area (Å²) in [5.74, 6) is -0.908. The molecule has 1 saturated heterocycles. The third kappa shape index (κ3) is 6.57. The monoisotopic (exact) mass is 383 g/mol. The van der Waals surface area contributed by atoms with E-state index in [1.54, 1.807) is 24.1 Å². The highest BCUT2D eigenvalue weighted by atomic mass is 35.5. The van der Waals surface area contributed by atoms with Crippen LogP contribution in [0.1, 0.15) is 12.5 Å². The smallest absolute Gasteiger partial charge is 0.317 e. The fourth-order valence-corrected chi connectivity index (χ4v) is 3.08. The predicted molar refractivity (Wildman–Crippen MR) is 99.2 cm³/mol. The van der Waals surface area contributed by atoms with E-state index >= 15 is 0 Å². The highest BCUT2D eigenvalue weighted by molar-refractivity contribution is 6.30. The number of aliphatic carboxylic acids is 1. The second-order valence-corrected chi connectivity index (χ2v) is 7.03. The lowest BCUT2D eigenvalue weighted by molar-refractivity contribution is -0.138. The normalized spacial score (nSPS) is 19.3. The van der Waals surface area contributed by atoms with Gasteiger partial charge in [0.15, 0.2) is 0 Å². The molecule has 1 heterocycles. The SMILES string of the molecule is CC(C(=O)NCc1ccc(Cl)cc1)N1CCOC(CN(C)CC(=O)O)C1. The van der Waals surface area contributed by atoms with Crippen molar-refractivity contribution in [3.8, 4) is 0 Å². The number of morpholine rings is 1. The zero-order valence-electron chi connectivity index (χ0n) is 15.2. The van der Waals surface area contributed by atoms with Crippen LogP contribution in [-0.2, 0) is 20.9 Å². The number of carboxylic acids is 1. The summed E-state index contributed by atoms with van der Waals surface area (Å²) in [7, 11) is 1.75. The molecule has 2 N–H and O–H groups in total. The van der Waals surface area contributed by atoms with Crippen LogP contribution in [0.15, 0.2) is 24.3 Å². The Morgan fingerprint density at radius 3 is 2.77 bits per heavy atom. The maximum Gasteiger partial charge on any atom is 0.317 e. The minimum Gasteiger partial charge on any atom is -0.480 e. The zero-order chi connectivity index (χ0) is 19.1. The summed E-state index contributed by atoms with van der Waals surface area (Å²) in [4.78, 5) is 27.0. The van der Waals surface area contributed by atoms with Gasteiger partial charge in [-0.2, -0.15) is 0 Å². The van der Waals surface area contributed by atoms with Crippen molar-refractivity contribution in [3.63, 3.8) is 0 Å². The number of likely N-dealkylation sites (N-methyl/N-ethyl adjacent to an activating group) is 1. The Kier molecular flexibility index (Phi) is 7.84. The third-order valence-electron chi connectivity index (χ3n) is 4.40. The van der Waals surface area contributed by atoms with Crippen molar-refractivity contribution in [2.45, 2.75) is 25.6 Å². The second kappa shape index (κ2) is 9.87. The molecule has 1 aromatic carbocycles. The first-order valence-corrected chi connectivity index (χ1v) is 9.01. The number of carboxylic acid groups (broad SMARTS) is 1. The Morgan fingerprint density at radius 1 is 1.42 bits per heavy atom. The number of halogens is 1. The molecule has 7 nitrogen and oxygen atoms in total. The molecule has 0 radical (unpaired) electrons. The molecule has 26 heavy (non-hydrogen) atoms. The number of rotatable bonds is 8. The van der Waals surface area contributed by atoms with E-state index in [4.69, 9.17) is 21.4 Å². The van der Waals surface area contributed by atoms with E-state index in [0.717, 1.165) is 5.56 Å². The molecule has 1 aliphatic heterocycles. The summed E-state index contributed by atoms with van der Waals surface area (Å²) >= 11 is 5.86. The van der Waals surface area contributed by atoms with E-state index in [9.17, 15) is 9.59 Å². The molecular formula is C18H26ClN3O4. The summed E-state index contributed by atoms with van der Waals surface area (Å²) in [6, 6.07) is 7.09. The van der Waals surface area contributed by atoms with Crippen molar-refractivity contribution in [1.82, 2.24) is 15.1 Å². The van der Waals surface area contributed by atoms with Crippen LogP contribution in [0.4, 0.5) is 0 Å². The number of benzene rings is 1. The molecule has 8 heteroatoms. The highest BCUT2D eigenvalue weighted by Crippen LogP contribution is 2.12. The van der Waals surface area contributed by atoms with Gasteiger partial charge in [-0.25, -0.2) is 0 Å². The molecule has 0 aliphatic carbocycles. The molecule has 0 aromatic heterocycles. The Labute approximate surface area is 158 Å². The Bertz CT molecular complexity index is 611.